The Morgan fingerprint density at radius 1 is 1.25 bits per heavy atom. The van der Waals surface area contributed by atoms with Crippen molar-refractivity contribution in [2.45, 2.75) is 30.7 Å². The summed E-state index contributed by atoms with van der Waals surface area (Å²) in [4.78, 5) is 2.41. The van der Waals surface area contributed by atoms with Crippen LogP contribution in [-0.4, -0.2) is 30.7 Å². The zero-order valence-electron chi connectivity index (χ0n) is 14.1. The second-order valence-electron chi connectivity index (χ2n) is 6.99. The van der Waals surface area contributed by atoms with Crippen molar-refractivity contribution in [3.8, 4) is 11.5 Å². The monoisotopic (exact) mass is 343 g/mol. The van der Waals surface area contributed by atoms with Crippen molar-refractivity contribution in [1.82, 2.24) is 4.90 Å². The maximum atomic E-state index is 10.3. The summed E-state index contributed by atoms with van der Waals surface area (Å²) in [7, 11) is 3.77. The molecule has 1 fully saturated rings. The SMILES string of the molecule is COc1cc2c(cc1O)[C@H](C1(c3ccccc3Cl)CC1)N(C)CC2. The number of likely N-dealkylation sites (N-methyl/N-ethyl adjacent to an activating group) is 1. The van der Waals surface area contributed by atoms with Crippen LogP contribution < -0.4 is 4.74 Å². The third kappa shape index (κ3) is 2.30. The molecule has 24 heavy (non-hydrogen) atoms. The smallest absolute Gasteiger partial charge is 0.160 e. The van der Waals surface area contributed by atoms with Crippen LogP contribution in [0.1, 0.15) is 35.6 Å². The Morgan fingerprint density at radius 3 is 2.67 bits per heavy atom. The molecular formula is C20H22ClNO2. The van der Waals surface area contributed by atoms with Crippen molar-refractivity contribution < 1.29 is 9.84 Å². The Labute approximate surface area is 147 Å². The summed E-state index contributed by atoms with van der Waals surface area (Å²) in [6.45, 7) is 0.998. The molecule has 1 aliphatic heterocycles. The summed E-state index contributed by atoms with van der Waals surface area (Å²) >= 11 is 6.53. The largest absolute Gasteiger partial charge is 0.504 e. The fourth-order valence-corrected chi connectivity index (χ4v) is 4.66. The molecule has 2 aromatic rings. The van der Waals surface area contributed by atoms with Gasteiger partial charge in [-0.25, -0.2) is 0 Å². The molecule has 0 bridgehead atoms. The van der Waals surface area contributed by atoms with Gasteiger partial charge in [-0.15, -0.1) is 0 Å². The molecule has 0 amide bonds. The number of hydrogen-bond donors (Lipinski definition) is 1. The van der Waals surface area contributed by atoms with E-state index in [2.05, 4.69) is 24.1 Å². The van der Waals surface area contributed by atoms with E-state index in [4.69, 9.17) is 16.3 Å². The average molecular weight is 344 g/mol. The Balaban J connectivity index is 1.85. The summed E-state index contributed by atoms with van der Waals surface area (Å²) in [6.07, 6.45) is 3.22. The second kappa shape index (κ2) is 5.68. The van der Waals surface area contributed by atoms with Crippen LogP contribution in [0.25, 0.3) is 0 Å². The molecule has 4 heteroatoms. The number of fused-ring (bicyclic) bond motifs is 1. The van der Waals surface area contributed by atoms with Gasteiger partial charge in [-0.3, -0.25) is 4.90 Å². The van der Waals surface area contributed by atoms with Crippen LogP contribution in [0.4, 0.5) is 0 Å². The predicted molar refractivity (Wildman–Crippen MR) is 96.1 cm³/mol. The van der Waals surface area contributed by atoms with Gasteiger partial charge in [0, 0.05) is 23.0 Å². The van der Waals surface area contributed by atoms with E-state index in [1.807, 2.05) is 24.3 Å². The van der Waals surface area contributed by atoms with Gasteiger partial charge in [0.15, 0.2) is 11.5 Å². The Kier molecular flexibility index (Phi) is 3.74. The van der Waals surface area contributed by atoms with Gasteiger partial charge in [-0.05, 0) is 61.2 Å². The van der Waals surface area contributed by atoms with Crippen molar-refractivity contribution in [1.29, 1.82) is 0 Å². The lowest BCUT2D eigenvalue weighted by Crippen LogP contribution is -2.39. The lowest BCUT2D eigenvalue weighted by molar-refractivity contribution is 0.187. The number of methoxy groups -OCH3 is 1. The van der Waals surface area contributed by atoms with Crippen molar-refractivity contribution in [3.63, 3.8) is 0 Å². The van der Waals surface area contributed by atoms with E-state index < -0.39 is 0 Å². The highest BCUT2D eigenvalue weighted by Gasteiger charge is 2.54. The molecule has 1 saturated carbocycles. The van der Waals surface area contributed by atoms with E-state index >= 15 is 0 Å². The zero-order valence-corrected chi connectivity index (χ0v) is 14.8. The van der Waals surface area contributed by atoms with Gasteiger partial charge in [-0.1, -0.05) is 29.8 Å². The lowest BCUT2D eigenvalue weighted by atomic mass is 9.78. The molecule has 3 nitrogen and oxygen atoms in total. The fraction of sp³-hybridized carbons (Fsp3) is 0.400. The minimum Gasteiger partial charge on any atom is -0.504 e. The number of ether oxygens (including phenoxy) is 1. The second-order valence-corrected chi connectivity index (χ2v) is 7.40. The van der Waals surface area contributed by atoms with E-state index in [1.54, 1.807) is 7.11 Å². The number of aromatic hydroxyl groups is 1. The van der Waals surface area contributed by atoms with Gasteiger partial charge in [-0.2, -0.15) is 0 Å². The first-order valence-corrected chi connectivity index (χ1v) is 8.79. The molecule has 1 heterocycles. The highest BCUT2D eigenvalue weighted by molar-refractivity contribution is 6.31. The summed E-state index contributed by atoms with van der Waals surface area (Å²) in [6, 6.07) is 12.3. The highest BCUT2D eigenvalue weighted by atomic mass is 35.5. The van der Waals surface area contributed by atoms with E-state index in [9.17, 15) is 5.11 Å². The van der Waals surface area contributed by atoms with Crippen LogP contribution in [-0.2, 0) is 11.8 Å². The number of phenolic OH excluding ortho intramolecular Hbond substituents is 1. The predicted octanol–water partition coefficient (Wildman–Crippen LogP) is 4.32. The van der Waals surface area contributed by atoms with Crippen LogP contribution in [0, 0.1) is 0 Å². The molecule has 2 aromatic carbocycles. The normalized spacial score (nSPS) is 22.0. The van der Waals surface area contributed by atoms with Crippen molar-refractivity contribution in [2.75, 3.05) is 20.7 Å². The van der Waals surface area contributed by atoms with Gasteiger partial charge >= 0.3 is 0 Å². The molecule has 1 aliphatic carbocycles. The van der Waals surface area contributed by atoms with E-state index in [-0.39, 0.29) is 17.2 Å². The number of phenols is 1. The maximum absolute atomic E-state index is 10.3. The summed E-state index contributed by atoms with van der Waals surface area (Å²) in [5.41, 5.74) is 3.75. The first-order chi connectivity index (χ1) is 11.6. The average Bonchev–Trinajstić information content (AvgIpc) is 3.36. The fourth-order valence-electron chi connectivity index (χ4n) is 4.33. The number of halogens is 1. The van der Waals surface area contributed by atoms with Gasteiger partial charge in [0.25, 0.3) is 0 Å². The molecular weight excluding hydrogens is 322 g/mol. The maximum Gasteiger partial charge on any atom is 0.160 e. The number of hydrogen-bond acceptors (Lipinski definition) is 3. The van der Waals surface area contributed by atoms with Gasteiger partial charge in [0.05, 0.1) is 7.11 Å². The molecule has 0 radical (unpaired) electrons. The summed E-state index contributed by atoms with van der Waals surface area (Å²) < 4.78 is 5.29. The molecule has 2 aliphatic rings. The molecule has 126 valence electrons. The molecule has 1 atom stereocenters. The zero-order chi connectivity index (χ0) is 16.9. The van der Waals surface area contributed by atoms with Crippen LogP contribution in [0.5, 0.6) is 11.5 Å². The molecule has 0 spiro atoms. The quantitative estimate of drug-likeness (QED) is 0.901. The Morgan fingerprint density at radius 2 is 2.00 bits per heavy atom. The first-order valence-electron chi connectivity index (χ1n) is 8.42. The summed E-state index contributed by atoms with van der Waals surface area (Å²) in [5.74, 6) is 0.770. The van der Waals surface area contributed by atoms with E-state index in [0.717, 1.165) is 30.8 Å². The minimum absolute atomic E-state index is 0.0449. The molecule has 0 aromatic heterocycles. The van der Waals surface area contributed by atoms with E-state index in [0.29, 0.717) is 5.75 Å². The van der Waals surface area contributed by atoms with Crippen LogP contribution >= 0.6 is 11.6 Å². The van der Waals surface area contributed by atoms with Crippen molar-refractivity contribution in [2.24, 2.45) is 0 Å². The lowest BCUT2D eigenvalue weighted by Gasteiger charge is -2.41. The molecule has 1 N–H and O–H groups in total. The number of benzene rings is 2. The van der Waals surface area contributed by atoms with Gasteiger partial charge in [0.1, 0.15) is 0 Å². The van der Waals surface area contributed by atoms with Crippen molar-refractivity contribution >= 4 is 11.6 Å². The molecule has 0 saturated heterocycles. The standard InChI is InChI=1S/C20H22ClNO2/c1-22-10-7-13-11-18(24-2)17(23)12-14(13)19(22)20(8-9-20)15-5-3-4-6-16(15)21/h3-6,11-12,19,23H,7-10H2,1-2H3/t19-/m1/s1. The highest BCUT2D eigenvalue weighted by Crippen LogP contribution is 2.61. The molecule has 4 rings (SSSR count). The van der Waals surface area contributed by atoms with Crippen LogP contribution in [0.2, 0.25) is 5.02 Å². The Hall–Kier alpha value is -1.71. The minimum atomic E-state index is 0.0449. The topological polar surface area (TPSA) is 32.7 Å². The number of nitrogens with zero attached hydrogens (tertiary/aromatic N) is 1. The van der Waals surface area contributed by atoms with Gasteiger partial charge in [0.2, 0.25) is 0 Å². The summed E-state index contributed by atoms with van der Waals surface area (Å²) in [5, 5.41) is 11.2. The Bertz CT molecular complexity index is 785. The molecule has 0 unspecified atom stereocenters. The van der Waals surface area contributed by atoms with Gasteiger partial charge < -0.3 is 9.84 Å². The van der Waals surface area contributed by atoms with E-state index in [1.165, 1.54) is 16.7 Å². The van der Waals surface area contributed by atoms with Crippen molar-refractivity contribution in [3.05, 3.63) is 58.1 Å². The van der Waals surface area contributed by atoms with Crippen LogP contribution in [0.3, 0.4) is 0 Å². The third-order valence-corrected chi connectivity index (χ3v) is 5.96. The van der Waals surface area contributed by atoms with Crippen LogP contribution in [0.15, 0.2) is 36.4 Å². The third-order valence-electron chi connectivity index (χ3n) is 5.63. The first kappa shape index (κ1) is 15.8. The number of rotatable bonds is 3.